The predicted molar refractivity (Wildman–Crippen MR) is 108 cm³/mol. The fourth-order valence-corrected chi connectivity index (χ4v) is 3.56. The summed E-state index contributed by atoms with van der Waals surface area (Å²) in [5.41, 5.74) is 0.863. The standard InChI is InChI=1S/C23H26FNO4/c1-15(2)29-19-9-6-16(7-10-19)23(27)25-12-4-5-18(14-25)22(26)17-8-11-21(28-3)20(24)13-17/h6-11,13,15,18H,4-5,12,14H2,1-3H3/t18-/m0/s1. The highest BCUT2D eigenvalue weighted by Gasteiger charge is 2.30. The fraction of sp³-hybridized carbons (Fsp3) is 0.391. The maximum absolute atomic E-state index is 14.0. The molecule has 1 aliphatic rings. The van der Waals surface area contributed by atoms with E-state index in [1.165, 1.54) is 19.2 Å². The smallest absolute Gasteiger partial charge is 0.253 e. The summed E-state index contributed by atoms with van der Waals surface area (Å²) in [5, 5.41) is 0. The molecule has 1 saturated heterocycles. The summed E-state index contributed by atoms with van der Waals surface area (Å²) < 4.78 is 24.5. The average molecular weight is 399 g/mol. The van der Waals surface area contributed by atoms with Crippen molar-refractivity contribution in [3.05, 3.63) is 59.4 Å². The van der Waals surface area contributed by atoms with Crippen molar-refractivity contribution in [2.24, 2.45) is 5.92 Å². The lowest BCUT2D eigenvalue weighted by Gasteiger charge is -2.32. The summed E-state index contributed by atoms with van der Waals surface area (Å²) in [6, 6.07) is 11.3. The van der Waals surface area contributed by atoms with Crippen molar-refractivity contribution < 1.29 is 23.5 Å². The number of rotatable bonds is 6. The average Bonchev–Trinajstić information content (AvgIpc) is 2.73. The van der Waals surface area contributed by atoms with Crippen LogP contribution >= 0.6 is 0 Å². The van der Waals surface area contributed by atoms with E-state index in [1.54, 1.807) is 35.2 Å². The first-order valence-electron chi connectivity index (χ1n) is 9.82. The number of ether oxygens (including phenoxy) is 2. The van der Waals surface area contributed by atoms with E-state index >= 15 is 0 Å². The van der Waals surface area contributed by atoms with Crippen LogP contribution in [0.2, 0.25) is 0 Å². The van der Waals surface area contributed by atoms with Crippen molar-refractivity contribution in [1.82, 2.24) is 4.90 Å². The molecule has 1 amide bonds. The van der Waals surface area contributed by atoms with Crippen LogP contribution in [0.3, 0.4) is 0 Å². The number of piperidine rings is 1. The molecule has 6 heteroatoms. The SMILES string of the molecule is COc1ccc(C(=O)[C@H]2CCCN(C(=O)c3ccc(OC(C)C)cc3)C2)cc1F. The summed E-state index contributed by atoms with van der Waals surface area (Å²) in [6.07, 6.45) is 1.47. The van der Waals surface area contributed by atoms with E-state index in [4.69, 9.17) is 9.47 Å². The second kappa shape index (κ2) is 9.07. The number of hydrogen-bond acceptors (Lipinski definition) is 4. The van der Waals surface area contributed by atoms with E-state index in [0.717, 1.165) is 6.42 Å². The minimum Gasteiger partial charge on any atom is -0.494 e. The number of hydrogen-bond donors (Lipinski definition) is 0. The van der Waals surface area contributed by atoms with Crippen molar-refractivity contribution >= 4 is 11.7 Å². The maximum atomic E-state index is 14.0. The molecule has 2 aromatic rings. The van der Waals surface area contributed by atoms with Crippen LogP contribution in [0.15, 0.2) is 42.5 Å². The Labute approximate surface area is 170 Å². The summed E-state index contributed by atoms with van der Waals surface area (Å²) in [4.78, 5) is 27.4. The Hall–Kier alpha value is -2.89. The van der Waals surface area contributed by atoms with Crippen molar-refractivity contribution in [2.75, 3.05) is 20.2 Å². The number of carbonyl (C=O) groups excluding carboxylic acids is 2. The Morgan fingerprint density at radius 2 is 1.79 bits per heavy atom. The highest BCUT2D eigenvalue weighted by atomic mass is 19.1. The zero-order valence-corrected chi connectivity index (χ0v) is 17.0. The van der Waals surface area contributed by atoms with Crippen LogP contribution < -0.4 is 9.47 Å². The van der Waals surface area contributed by atoms with Gasteiger partial charge in [0, 0.05) is 30.1 Å². The quantitative estimate of drug-likeness (QED) is 0.678. The first-order chi connectivity index (χ1) is 13.9. The lowest BCUT2D eigenvalue weighted by atomic mass is 9.89. The molecule has 0 bridgehead atoms. The van der Waals surface area contributed by atoms with Crippen LogP contribution in [0.5, 0.6) is 11.5 Å². The Morgan fingerprint density at radius 1 is 1.10 bits per heavy atom. The number of likely N-dealkylation sites (tertiary alicyclic amines) is 1. The van der Waals surface area contributed by atoms with Crippen molar-refractivity contribution in [3.63, 3.8) is 0 Å². The second-order valence-corrected chi connectivity index (χ2v) is 7.49. The molecule has 0 unspecified atom stereocenters. The molecule has 0 aliphatic carbocycles. The molecule has 1 heterocycles. The van der Waals surface area contributed by atoms with Gasteiger partial charge in [0.1, 0.15) is 5.75 Å². The zero-order valence-electron chi connectivity index (χ0n) is 17.0. The summed E-state index contributed by atoms with van der Waals surface area (Å²) in [5.74, 6) is -0.351. The minimum atomic E-state index is -0.564. The monoisotopic (exact) mass is 399 g/mol. The van der Waals surface area contributed by atoms with Gasteiger partial charge in [-0.25, -0.2) is 4.39 Å². The van der Waals surface area contributed by atoms with Gasteiger partial charge in [-0.2, -0.15) is 0 Å². The first-order valence-corrected chi connectivity index (χ1v) is 9.82. The lowest BCUT2D eigenvalue weighted by Crippen LogP contribution is -2.42. The van der Waals surface area contributed by atoms with E-state index in [9.17, 15) is 14.0 Å². The van der Waals surface area contributed by atoms with E-state index < -0.39 is 5.82 Å². The largest absolute Gasteiger partial charge is 0.494 e. The number of halogens is 1. The molecule has 0 spiro atoms. The molecule has 3 rings (SSSR count). The van der Waals surface area contributed by atoms with Crippen LogP contribution in [0.1, 0.15) is 47.4 Å². The molecule has 0 aromatic heterocycles. The van der Waals surface area contributed by atoms with Gasteiger partial charge in [-0.1, -0.05) is 0 Å². The molecule has 1 aliphatic heterocycles. The van der Waals surface area contributed by atoms with Crippen molar-refractivity contribution in [2.45, 2.75) is 32.8 Å². The molecule has 29 heavy (non-hydrogen) atoms. The van der Waals surface area contributed by atoms with Gasteiger partial charge in [0.05, 0.1) is 13.2 Å². The van der Waals surface area contributed by atoms with Gasteiger partial charge in [0.25, 0.3) is 5.91 Å². The molecule has 1 fully saturated rings. The van der Waals surface area contributed by atoms with Gasteiger partial charge in [0.2, 0.25) is 0 Å². The van der Waals surface area contributed by atoms with E-state index in [2.05, 4.69) is 0 Å². The molecule has 0 N–H and O–H groups in total. The molecular formula is C23H26FNO4. The summed E-state index contributed by atoms with van der Waals surface area (Å²) in [7, 11) is 1.38. The van der Waals surface area contributed by atoms with Gasteiger partial charge >= 0.3 is 0 Å². The number of benzene rings is 2. The minimum absolute atomic E-state index is 0.0632. The number of carbonyl (C=O) groups is 2. The van der Waals surface area contributed by atoms with Crippen LogP contribution in [0.4, 0.5) is 4.39 Å². The van der Waals surface area contributed by atoms with Crippen molar-refractivity contribution in [3.8, 4) is 11.5 Å². The topological polar surface area (TPSA) is 55.8 Å². The third-order valence-corrected chi connectivity index (χ3v) is 4.99. The molecule has 2 aromatic carbocycles. The molecule has 0 saturated carbocycles. The summed E-state index contributed by atoms with van der Waals surface area (Å²) >= 11 is 0. The maximum Gasteiger partial charge on any atom is 0.253 e. The van der Waals surface area contributed by atoms with Crippen LogP contribution in [0.25, 0.3) is 0 Å². The summed E-state index contributed by atoms with van der Waals surface area (Å²) in [6.45, 7) is 4.82. The van der Waals surface area contributed by atoms with Gasteiger partial charge in [-0.15, -0.1) is 0 Å². The molecule has 0 radical (unpaired) electrons. The number of amides is 1. The highest BCUT2D eigenvalue weighted by Crippen LogP contribution is 2.25. The Bertz CT molecular complexity index is 879. The molecule has 5 nitrogen and oxygen atoms in total. The fourth-order valence-electron chi connectivity index (χ4n) is 3.56. The number of Topliss-reactive ketones (excluding diaryl/α,β-unsaturated/α-hetero) is 1. The number of nitrogens with zero attached hydrogens (tertiary/aromatic N) is 1. The van der Waals surface area contributed by atoms with Crippen LogP contribution in [-0.4, -0.2) is 42.9 Å². The number of ketones is 1. The van der Waals surface area contributed by atoms with Gasteiger partial charge in [0.15, 0.2) is 17.3 Å². The van der Waals surface area contributed by atoms with E-state index in [0.29, 0.717) is 36.4 Å². The van der Waals surface area contributed by atoms with Crippen molar-refractivity contribution in [1.29, 1.82) is 0 Å². The number of methoxy groups -OCH3 is 1. The van der Waals surface area contributed by atoms with Gasteiger partial charge in [-0.3, -0.25) is 9.59 Å². The van der Waals surface area contributed by atoms with Gasteiger partial charge in [-0.05, 0) is 69.2 Å². The third-order valence-electron chi connectivity index (χ3n) is 4.99. The molecular weight excluding hydrogens is 373 g/mol. The first kappa shape index (κ1) is 20.8. The predicted octanol–water partition coefficient (Wildman–Crippen LogP) is 4.36. The normalized spacial score (nSPS) is 16.6. The molecule has 1 atom stereocenters. The van der Waals surface area contributed by atoms with Crippen LogP contribution in [0, 0.1) is 11.7 Å². The van der Waals surface area contributed by atoms with Crippen LogP contribution in [-0.2, 0) is 0 Å². The van der Waals surface area contributed by atoms with Gasteiger partial charge < -0.3 is 14.4 Å². The second-order valence-electron chi connectivity index (χ2n) is 7.49. The van der Waals surface area contributed by atoms with E-state index in [-0.39, 0.29) is 29.5 Å². The van der Waals surface area contributed by atoms with E-state index in [1.807, 2.05) is 13.8 Å². The Morgan fingerprint density at radius 3 is 2.41 bits per heavy atom. The zero-order chi connectivity index (χ0) is 21.0. The third kappa shape index (κ3) is 4.94. The molecule has 154 valence electrons. The Kier molecular flexibility index (Phi) is 6.52. The Balaban J connectivity index is 1.69. The lowest BCUT2D eigenvalue weighted by molar-refractivity contribution is 0.0637. The highest BCUT2D eigenvalue weighted by molar-refractivity contribution is 5.99.